The van der Waals surface area contributed by atoms with Crippen LogP contribution < -0.4 is 0 Å². The van der Waals surface area contributed by atoms with Crippen LogP contribution in [-0.2, 0) is 0 Å². The summed E-state index contributed by atoms with van der Waals surface area (Å²) in [5, 5.41) is 9.78. The summed E-state index contributed by atoms with van der Waals surface area (Å²) in [6.07, 6.45) is 5.98. The van der Waals surface area contributed by atoms with Crippen molar-refractivity contribution in [1.29, 1.82) is 0 Å². The third kappa shape index (κ3) is 3.01. The van der Waals surface area contributed by atoms with Gasteiger partial charge >= 0.3 is 0 Å². The van der Waals surface area contributed by atoms with Gasteiger partial charge in [-0.15, -0.1) is 0 Å². The lowest BCUT2D eigenvalue weighted by Crippen LogP contribution is -2.01. The molecule has 1 aromatic heterocycles. The number of hydrogen-bond donors (Lipinski definition) is 1. The molecule has 0 saturated heterocycles. The third-order valence-electron chi connectivity index (χ3n) is 2.03. The van der Waals surface area contributed by atoms with Gasteiger partial charge in [-0.1, -0.05) is 0 Å². The Bertz CT molecular complexity index is 265. The quantitative estimate of drug-likeness (QED) is 0.803. The average molecular weight is 197 g/mol. The molecule has 0 saturated carbocycles. The Morgan fingerprint density at radius 1 is 1.62 bits per heavy atom. The van der Waals surface area contributed by atoms with Crippen molar-refractivity contribution in [2.24, 2.45) is 0 Å². The molecule has 1 rings (SSSR count). The maximum atomic E-state index is 9.78. The summed E-state index contributed by atoms with van der Waals surface area (Å²) < 4.78 is 0. The zero-order chi connectivity index (χ0) is 9.68. The molecule has 3 heteroatoms. The monoisotopic (exact) mass is 197 g/mol. The molecule has 1 heterocycles. The zero-order valence-corrected chi connectivity index (χ0v) is 8.84. The van der Waals surface area contributed by atoms with Gasteiger partial charge in [-0.3, -0.25) is 4.98 Å². The van der Waals surface area contributed by atoms with Gasteiger partial charge in [-0.05, 0) is 37.0 Å². The van der Waals surface area contributed by atoms with Crippen molar-refractivity contribution in [3.8, 4) is 0 Å². The third-order valence-corrected chi connectivity index (χ3v) is 2.68. The second kappa shape index (κ2) is 5.25. The van der Waals surface area contributed by atoms with Gasteiger partial charge in [0.25, 0.3) is 0 Å². The Kier molecular flexibility index (Phi) is 4.25. The van der Waals surface area contributed by atoms with Crippen molar-refractivity contribution in [3.05, 3.63) is 29.6 Å². The van der Waals surface area contributed by atoms with E-state index < -0.39 is 0 Å². The second-order valence-electron chi connectivity index (χ2n) is 3.03. The Hall–Kier alpha value is -0.540. The van der Waals surface area contributed by atoms with Crippen molar-refractivity contribution >= 4 is 11.8 Å². The molecule has 1 atom stereocenters. The van der Waals surface area contributed by atoms with Crippen LogP contribution in [0.25, 0.3) is 0 Å². The van der Waals surface area contributed by atoms with Crippen molar-refractivity contribution in [1.82, 2.24) is 4.98 Å². The lowest BCUT2D eigenvalue weighted by molar-refractivity contribution is 0.174. The highest BCUT2D eigenvalue weighted by molar-refractivity contribution is 7.98. The maximum Gasteiger partial charge on any atom is 0.0815 e. The van der Waals surface area contributed by atoms with E-state index in [0.717, 1.165) is 23.3 Å². The van der Waals surface area contributed by atoms with Gasteiger partial charge in [0.05, 0.1) is 6.10 Å². The molecule has 0 amide bonds. The average Bonchev–Trinajstić information content (AvgIpc) is 2.15. The van der Waals surface area contributed by atoms with Gasteiger partial charge in [0.2, 0.25) is 0 Å². The fraction of sp³-hybridized carbons (Fsp3) is 0.500. The predicted octanol–water partition coefficient (Wildman–Crippen LogP) is 2.18. The fourth-order valence-corrected chi connectivity index (χ4v) is 1.67. The topological polar surface area (TPSA) is 33.1 Å². The first-order chi connectivity index (χ1) is 6.25. The fourth-order valence-electron chi connectivity index (χ4n) is 1.21. The van der Waals surface area contributed by atoms with E-state index in [9.17, 15) is 5.11 Å². The Labute approximate surface area is 83.4 Å². The zero-order valence-electron chi connectivity index (χ0n) is 8.03. The summed E-state index contributed by atoms with van der Waals surface area (Å²) in [5.74, 6) is 0.982. The normalized spacial score (nSPS) is 12.8. The van der Waals surface area contributed by atoms with E-state index in [0.29, 0.717) is 0 Å². The molecular formula is C10H15NOS. The standard InChI is InChI=1S/C10H15NOS/c1-8-3-5-11-7-9(8)10(12)4-6-13-2/h3,5,7,10,12H,4,6H2,1-2H3. The number of aromatic nitrogens is 1. The molecule has 0 spiro atoms. The molecule has 2 nitrogen and oxygen atoms in total. The van der Waals surface area contributed by atoms with Crippen LogP contribution in [0.3, 0.4) is 0 Å². The molecule has 1 unspecified atom stereocenters. The van der Waals surface area contributed by atoms with Crippen LogP contribution in [0.5, 0.6) is 0 Å². The predicted molar refractivity (Wildman–Crippen MR) is 56.9 cm³/mol. The molecule has 0 aliphatic heterocycles. The largest absolute Gasteiger partial charge is 0.388 e. The minimum Gasteiger partial charge on any atom is -0.388 e. The maximum absolute atomic E-state index is 9.78. The molecule has 0 bridgehead atoms. The van der Waals surface area contributed by atoms with Gasteiger partial charge in [-0.2, -0.15) is 11.8 Å². The summed E-state index contributed by atoms with van der Waals surface area (Å²) in [4.78, 5) is 4.01. The molecule has 1 aromatic rings. The first-order valence-corrected chi connectivity index (χ1v) is 5.72. The second-order valence-corrected chi connectivity index (χ2v) is 4.02. The van der Waals surface area contributed by atoms with Crippen LogP contribution >= 0.6 is 11.8 Å². The van der Waals surface area contributed by atoms with Crippen molar-refractivity contribution in [2.75, 3.05) is 12.0 Å². The number of aliphatic hydroxyl groups is 1. The van der Waals surface area contributed by atoms with Crippen LogP contribution in [0.2, 0.25) is 0 Å². The van der Waals surface area contributed by atoms with E-state index in [4.69, 9.17) is 0 Å². The molecule has 0 aromatic carbocycles. The van der Waals surface area contributed by atoms with Gasteiger partial charge < -0.3 is 5.11 Å². The summed E-state index contributed by atoms with van der Waals surface area (Å²) in [7, 11) is 0. The first kappa shape index (κ1) is 10.5. The lowest BCUT2D eigenvalue weighted by Gasteiger charge is -2.11. The number of pyridine rings is 1. The molecule has 0 fully saturated rings. The van der Waals surface area contributed by atoms with Gasteiger partial charge in [-0.25, -0.2) is 0 Å². The van der Waals surface area contributed by atoms with E-state index in [2.05, 4.69) is 4.98 Å². The van der Waals surface area contributed by atoms with Crippen LogP contribution in [-0.4, -0.2) is 22.1 Å². The van der Waals surface area contributed by atoms with Crippen molar-refractivity contribution < 1.29 is 5.11 Å². The Morgan fingerprint density at radius 2 is 2.38 bits per heavy atom. The number of thioether (sulfide) groups is 1. The number of aryl methyl sites for hydroxylation is 1. The van der Waals surface area contributed by atoms with Gasteiger partial charge in [0.1, 0.15) is 0 Å². The number of nitrogens with zero attached hydrogens (tertiary/aromatic N) is 1. The van der Waals surface area contributed by atoms with E-state index in [1.165, 1.54) is 0 Å². The highest BCUT2D eigenvalue weighted by atomic mass is 32.2. The molecule has 0 radical (unpaired) electrons. The molecule has 1 N–H and O–H groups in total. The highest BCUT2D eigenvalue weighted by Gasteiger charge is 2.09. The van der Waals surface area contributed by atoms with Crippen molar-refractivity contribution in [2.45, 2.75) is 19.4 Å². The van der Waals surface area contributed by atoms with Gasteiger partial charge in [0.15, 0.2) is 0 Å². The number of hydrogen-bond acceptors (Lipinski definition) is 3. The molecule has 13 heavy (non-hydrogen) atoms. The summed E-state index contributed by atoms with van der Waals surface area (Å²) in [6, 6.07) is 1.93. The van der Waals surface area contributed by atoms with E-state index >= 15 is 0 Å². The van der Waals surface area contributed by atoms with Crippen LogP contribution in [0, 0.1) is 6.92 Å². The van der Waals surface area contributed by atoms with Gasteiger partial charge in [0, 0.05) is 18.0 Å². The number of aliphatic hydroxyl groups excluding tert-OH is 1. The smallest absolute Gasteiger partial charge is 0.0815 e. The minimum absolute atomic E-state index is 0.360. The molecule has 0 aliphatic rings. The summed E-state index contributed by atoms with van der Waals surface area (Å²) >= 11 is 1.75. The molecular weight excluding hydrogens is 182 g/mol. The first-order valence-electron chi connectivity index (χ1n) is 4.33. The highest BCUT2D eigenvalue weighted by Crippen LogP contribution is 2.20. The SMILES string of the molecule is CSCCC(O)c1cnccc1C. The summed E-state index contributed by atoms with van der Waals surface area (Å²) in [5.41, 5.74) is 2.07. The number of rotatable bonds is 4. The van der Waals surface area contributed by atoms with Crippen LogP contribution in [0.1, 0.15) is 23.7 Å². The van der Waals surface area contributed by atoms with E-state index in [1.54, 1.807) is 24.2 Å². The Balaban J connectivity index is 2.65. The van der Waals surface area contributed by atoms with E-state index in [-0.39, 0.29) is 6.10 Å². The van der Waals surface area contributed by atoms with Crippen LogP contribution in [0.15, 0.2) is 18.5 Å². The molecule has 0 aliphatic carbocycles. The van der Waals surface area contributed by atoms with Crippen LogP contribution in [0.4, 0.5) is 0 Å². The van der Waals surface area contributed by atoms with E-state index in [1.807, 2.05) is 19.2 Å². The molecule has 72 valence electrons. The minimum atomic E-state index is -0.360. The lowest BCUT2D eigenvalue weighted by atomic mass is 10.1. The Morgan fingerprint density at radius 3 is 3.00 bits per heavy atom. The summed E-state index contributed by atoms with van der Waals surface area (Å²) in [6.45, 7) is 2.00. The van der Waals surface area contributed by atoms with Crippen molar-refractivity contribution in [3.63, 3.8) is 0 Å².